The van der Waals surface area contributed by atoms with Crippen molar-refractivity contribution in [1.29, 1.82) is 0 Å². The van der Waals surface area contributed by atoms with Gasteiger partial charge in [0.25, 0.3) is 0 Å². The lowest BCUT2D eigenvalue weighted by atomic mass is 10.2. The number of esters is 1. The van der Waals surface area contributed by atoms with Crippen LogP contribution in [0.2, 0.25) is 0 Å². The summed E-state index contributed by atoms with van der Waals surface area (Å²) >= 11 is 0. The molecule has 0 atom stereocenters. The lowest BCUT2D eigenvalue weighted by Gasteiger charge is -2.31. The molecule has 1 heterocycles. The molecule has 0 unspecified atom stereocenters. The van der Waals surface area contributed by atoms with E-state index in [0.29, 0.717) is 19.5 Å². The Balaban J connectivity index is 2.27. The summed E-state index contributed by atoms with van der Waals surface area (Å²) in [7, 11) is 1.80. The van der Waals surface area contributed by atoms with Crippen LogP contribution in [0.5, 0.6) is 0 Å². The Morgan fingerprint density at radius 1 is 1.35 bits per heavy atom. The normalized spacial score (nSPS) is 18.4. The van der Waals surface area contributed by atoms with Gasteiger partial charge in [0.15, 0.2) is 0 Å². The zero-order valence-corrected chi connectivity index (χ0v) is 11.2. The van der Waals surface area contributed by atoms with Crippen molar-refractivity contribution < 1.29 is 14.3 Å². The van der Waals surface area contributed by atoms with Crippen LogP contribution in [0, 0.1) is 0 Å². The number of piperazine rings is 1. The Bertz CT molecular complexity index is 297. The highest BCUT2D eigenvalue weighted by molar-refractivity contribution is 5.78. The fourth-order valence-corrected chi connectivity index (χ4v) is 1.64. The molecule has 0 aromatic heterocycles. The van der Waals surface area contributed by atoms with Gasteiger partial charge in [-0.2, -0.15) is 0 Å². The van der Waals surface area contributed by atoms with E-state index in [0.717, 1.165) is 13.1 Å². The zero-order chi connectivity index (χ0) is 13.1. The standard InChI is InChI=1S/C12H22N2O3/c1-12(2,3)17-11(16)5-6-14-8-7-13(4)10(15)9-14/h5-9H2,1-4H3. The summed E-state index contributed by atoms with van der Waals surface area (Å²) in [6.45, 7) is 8.10. The number of rotatable bonds is 3. The summed E-state index contributed by atoms with van der Waals surface area (Å²) in [6.07, 6.45) is 0.342. The van der Waals surface area contributed by atoms with E-state index in [1.165, 1.54) is 0 Å². The number of carbonyl (C=O) groups excluding carboxylic acids is 2. The maximum atomic E-state index is 11.5. The van der Waals surface area contributed by atoms with E-state index < -0.39 is 5.60 Å². The smallest absolute Gasteiger partial charge is 0.307 e. The van der Waals surface area contributed by atoms with Crippen LogP contribution < -0.4 is 0 Å². The molecule has 1 fully saturated rings. The molecule has 1 rings (SSSR count). The summed E-state index contributed by atoms with van der Waals surface area (Å²) in [5.41, 5.74) is -0.435. The summed E-state index contributed by atoms with van der Waals surface area (Å²) in [5, 5.41) is 0. The van der Waals surface area contributed by atoms with E-state index in [1.54, 1.807) is 11.9 Å². The fourth-order valence-electron chi connectivity index (χ4n) is 1.64. The lowest BCUT2D eigenvalue weighted by Crippen LogP contribution is -2.49. The van der Waals surface area contributed by atoms with Gasteiger partial charge in [0, 0.05) is 26.7 Å². The molecule has 98 valence electrons. The first-order chi connectivity index (χ1) is 7.78. The summed E-state index contributed by atoms with van der Waals surface area (Å²) in [4.78, 5) is 26.7. The van der Waals surface area contributed by atoms with E-state index in [-0.39, 0.29) is 11.9 Å². The molecule has 0 radical (unpaired) electrons. The third-order valence-electron chi connectivity index (χ3n) is 2.59. The maximum absolute atomic E-state index is 11.5. The van der Waals surface area contributed by atoms with Crippen molar-refractivity contribution in [2.75, 3.05) is 33.2 Å². The Hall–Kier alpha value is -1.10. The van der Waals surface area contributed by atoms with E-state index in [4.69, 9.17) is 4.74 Å². The van der Waals surface area contributed by atoms with Crippen molar-refractivity contribution in [3.8, 4) is 0 Å². The molecule has 5 nitrogen and oxygen atoms in total. The number of likely N-dealkylation sites (N-methyl/N-ethyl adjacent to an activating group) is 1. The number of nitrogens with zero attached hydrogens (tertiary/aromatic N) is 2. The minimum atomic E-state index is -0.435. The molecule has 1 saturated heterocycles. The topological polar surface area (TPSA) is 49.9 Å². The Labute approximate surface area is 103 Å². The van der Waals surface area contributed by atoms with Gasteiger partial charge >= 0.3 is 5.97 Å². The average Bonchev–Trinajstić information content (AvgIpc) is 2.17. The van der Waals surface area contributed by atoms with E-state index in [1.807, 2.05) is 25.7 Å². The SMILES string of the molecule is CN1CCN(CCC(=O)OC(C)(C)C)CC1=O. The van der Waals surface area contributed by atoms with Crippen molar-refractivity contribution >= 4 is 11.9 Å². The van der Waals surface area contributed by atoms with E-state index >= 15 is 0 Å². The molecule has 1 aliphatic heterocycles. The largest absolute Gasteiger partial charge is 0.460 e. The average molecular weight is 242 g/mol. The van der Waals surface area contributed by atoms with Crippen molar-refractivity contribution in [3.63, 3.8) is 0 Å². The number of hydrogen-bond donors (Lipinski definition) is 0. The summed E-state index contributed by atoms with van der Waals surface area (Å²) < 4.78 is 5.22. The van der Waals surface area contributed by atoms with Gasteiger partial charge in [-0.05, 0) is 20.8 Å². The van der Waals surface area contributed by atoms with Crippen molar-refractivity contribution in [2.24, 2.45) is 0 Å². The van der Waals surface area contributed by atoms with Gasteiger partial charge in [-0.15, -0.1) is 0 Å². The molecule has 0 N–H and O–H groups in total. The Morgan fingerprint density at radius 3 is 2.53 bits per heavy atom. The highest BCUT2D eigenvalue weighted by atomic mass is 16.6. The molecule has 0 aromatic rings. The number of amides is 1. The lowest BCUT2D eigenvalue weighted by molar-refractivity contribution is -0.155. The van der Waals surface area contributed by atoms with Gasteiger partial charge in [-0.25, -0.2) is 0 Å². The molecule has 0 aliphatic carbocycles. The van der Waals surface area contributed by atoms with Gasteiger partial charge in [-0.1, -0.05) is 0 Å². The van der Waals surface area contributed by atoms with Crippen molar-refractivity contribution in [2.45, 2.75) is 32.8 Å². The monoisotopic (exact) mass is 242 g/mol. The molecule has 1 amide bonds. The fraction of sp³-hybridized carbons (Fsp3) is 0.833. The molecule has 0 saturated carbocycles. The second-order valence-corrected chi connectivity index (χ2v) is 5.43. The predicted molar refractivity (Wildman–Crippen MR) is 64.5 cm³/mol. The van der Waals surface area contributed by atoms with Crippen LogP contribution in [0.15, 0.2) is 0 Å². The number of hydrogen-bond acceptors (Lipinski definition) is 4. The first kappa shape index (κ1) is 14.0. The number of ether oxygens (including phenoxy) is 1. The van der Waals surface area contributed by atoms with Gasteiger partial charge in [0.1, 0.15) is 5.60 Å². The van der Waals surface area contributed by atoms with Crippen LogP contribution in [0.25, 0.3) is 0 Å². The second-order valence-electron chi connectivity index (χ2n) is 5.43. The van der Waals surface area contributed by atoms with E-state index in [2.05, 4.69) is 0 Å². The van der Waals surface area contributed by atoms with Gasteiger partial charge < -0.3 is 9.64 Å². The van der Waals surface area contributed by atoms with Gasteiger partial charge in [-0.3, -0.25) is 14.5 Å². The first-order valence-electron chi connectivity index (χ1n) is 5.96. The highest BCUT2D eigenvalue weighted by Gasteiger charge is 2.22. The Kier molecular flexibility index (Phi) is 4.51. The maximum Gasteiger partial charge on any atom is 0.307 e. The van der Waals surface area contributed by atoms with Crippen LogP contribution in [0.1, 0.15) is 27.2 Å². The summed E-state index contributed by atoms with van der Waals surface area (Å²) in [6, 6.07) is 0. The van der Waals surface area contributed by atoms with Crippen molar-refractivity contribution in [1.82, 2.24) is 9.80 Å². The van der Waals surface area contributed by atoms with Crippen LogP contribution in [0.3, 0.4) is 0 Å². The van der Waals surface area contributed by atoms with E-state index in [9.17, 15) is 9.59 Å². The zero-order valence-electron chi connectivity index (χ0n) is 11.2. The van der Waals surface area contributed by atoms with Crippen LogP contribution in [-0.2, 0) is 14.3 Å². The van der Waals surface area contributed by atoms with Crippen LogP contribution in [-0.4, -0.2) is 60.5 Å². The highest BCUT2D eigenvalue weighted by Crippen LogP contribution is 2.09. The Morgan fingerprint density at radius 2 is 2.00 bits per heavy atom. The van der Waals surface area contributed by atoms with Crippen molar-refractivity contribution in [3.05, 3.63) is 0 Å². The molecule has 0 bridgehead atoms. The van der Waals surface area contributed by atoms with Gasteiger partial charge in [0.05, 0.1) is 13.0 Å². The summed E-state index contributed by atoms with van der Waals surface area (Å²) in [5.74, 6) is -0.0932. The molecule has 17 heavy (non-hydrogen) atoms. The van der Waals surface area contributed by atoms with Gasteiger partial charge in [0.2, 0.25) is 5.91 Å². The molecule has 0 aromatic carbocycles. The molecular weight excluding hydrogens is 220 g/mol. The third kappa shape index (κ3) is 5.17. The number of carbonyl (C=O) groups is 2. The van der Waals surface area contributed by atoms with Crippen LogP contribution >= 0.6 is 0 Å². The predicted octanol–water partition coefficient (Wildman–Crippen LogP) is 0.492. The quantitative estimate of drug-likeness (QED) is 0.676. The third-order valence-corrected chi connectivity index (χ3v) is 2.59. The molecular formula is C12H22N2O3. The molecule has 1 aliphatic rings. The minimum Gasteiger partial charge on any atom is -0.460 e. The molecule has 5 heteroatoms. The minimum absolute atomic E-state index is 0.112. The molecule has 0 spiro atoms. The second kappa shape index (κ2) is 5.49. The van der Waals surface area contributed by atoms with Crippen LogP contribution in [0.4, 0.5) is 0 Å². The first-order valence-corrected chi connectivity index (χ1v) is 5.96.